The van der Waals surface area contributed by atoms with Crippen molar-refractivity contribution in [1.82, 2.24) is 4.90 Å². The summed E-state index contributed by atoms with van der Waals surface area (Å²) in [6.07, 6.45) is 2.15. The van der Waals surface area contributed by atoms with Gasteiger partial charge in [0.25, 0.3) is 11.1 Å². The molecule has 7 nitrogen and oxygen atoms in total. The number of imide groups is 1. The lowest BCUT2D eigenvalue weighted by molar-refractivity contribution is -0.149. The van der Waals surface area contributed by atoms with Crippen molar-refractivity contribution in [2.75, 3.05) is 20.3 Å². The maximum absolute atomic E-state index is 12.5. The van der Waals surface area contributed by atoms with Crippen LogP contribution < -0.4 is 9.47 Å². The van der Waals surface area contributed by atoms with E-state index < -0.39 is 23.7 Å². The van der Waals surface area contributed by atoms with Crippen molar-refractivity contribution in [3.8, 4) is 11.5 Å². The predicted octanol–water partition coefficient (Wildman–Crippen LogP) is 3.47. The zero-order valence-corrected chi connectivity index (χ0v) is 16.6. The van der Waals surface area contributed by atoms with Crippen molar-refractivity contribution < 1.29 is 28.6 Å². The highest BCUT2D eigenvalue weighted by atomic mass is 32.2. The second kappa shape index (κ2) is 9.45. The Bertz CT molecular complexity index is 759. The van der Waals surface area contributed by atoms with Gasteiger partial charge in [-0.05, 0) is 55.8 Å². The van der Waals surface area contributed by atoms with E-state index in [-0.39, 0.29) is 11.0 Å². The van der Waals surface area contributed by atoms with Crippen molar-refractivity contribution in [2.24, 2.45) is 0 Å². The van der Waals surface area contributed by atoms with Crippen LogP contribution in [-0.4, -0.2) is 48.4 Å². The molecule has 0 bridgehead atoms. The molecule has 0 atom stereocenters. The van der Waals surface area contributed by atoms with Crippen molar-refractivity contribution in [2.45, 2.75) is 33.3 Å². The van der Waals surface area contributed by atoms with Crippen molar-refractivity contribution in [1.29, 1.82) is 0 Å². The first-order chi connectivity index (χ1) is 12.8. The molecule has 0 radical (unpaired) electrons. The van der Waals surface area contributed by atoms with Gasteiger partial charge >= 0.3 is 5.97 Å². The van der Waals surface area contributed by atoms with Crippen LogP contribution in [0.5, 0.6) is 11.5 Å². The van der Waals surface area contributed by atoms with Gasteiger partial charge in [-0.25, -0.2) is 0 Å². The van der Waals surface area contributed by atoms with E-state index in [4.69, 9.17) is 14.2 Å². The van der Waals surface area contributed by atoms with Crippen LogP contribution in [0, 0.1) is 0 Å². The van der Waals surface area contributed by atoms with Gasteiger partial charge in [-0.1, -0.05) is 13.0 Å². The molecule has 146 valence electrons. The maximum Gasteiger partial charge on any atom is 0.326 e. The molecule has 1 fully saturated rings. The van der Waals surface area contributed by atoms with Gasteiger partial charge < -0.3 is 14.2 Å². The Morgan fingerprint density at radius 1 is 1.26 bits per heavy atom. The molecule has 1 aliphatic rings. The molecule has 1 aromatic rings. The first-order valence-electron chi connectivity index (χ1n) is 8.61. The lowest BCUT2D eigenvalue weighted by Crippen LogP contribution is -2.35. The fraction of sp³-hybridized carbons (Fsp3) is 0.421. The fourth-order valence-corrected chi connectivity index (χ4v) is 3.16. The largest absolute Gasteiger partial charge is 0.493 e. The van der Waals surface area contributed by atoms with Crippen LogP contribution in [0.3, 0.4) is 0 Å². The minimum atomic E-state index is -0.618. The molecular formula is C19H23NO6S. The minimum Gasteiger partial charge on any atom is -0.493 e. The first-order valence-corrected chi connectivity index (χ1v) is 9.43. The second-order valence-electron chi connectivity index (χ2n) is 6.07. The molecule has 2 rings (SSSR count). The summed E-state index contributed by atoms with van der Waals surface area (Å²) in [6.45, 7) is 5.59. The van der Waals surface area contributed by atoms with Gasteiger partial charge in [0, 0.05) is 0 Å². The van der Waals surface area contributed by atoms with Crippen LogP contribution >= 0.6 is 11.8 Å². The Morgan fingerprint density at radius 3 is 2.63 bits per heavy atom. The summed E-state index contributed by atoms with van der Waals surface area (Å²) in [6, 6.07) is 5.26. The van der Waals surface area contributed by atoms with Gasteiger partial charge in [0.2, 0.25) is 0 Å². The van der Waals surface area contributed by atoms with Gasteiger partial charge in [-0.2, -0.15) is 0 Å². The summed E-state index contributed by atoms with van der Waals surface area (Å²) >= 11 is 0.788. The molecule has 8 heteroatoms. The summed E-state index contributed by atoms with van der Waals surface area (Å²) in [5.41, 5.74) is 0.686. The van der Waals surface area contributed by atoms with E-state index in [1.807, 2.05) is 6.92 Å². The third-order valence-electron chi connectivity index (χ3n) is 3.48. The van der Waals surface area contributed by atoms with E-state index in [2.05, 4.69) is 0 Å². The van der Waals surface area contributed by atoms with Crippen molar-refractivity contribution in [3.63, 3.8) is 0 Å². The molecule has 0 N–H and O–H groups in total. The number of carbonyl (C=O) groups excluding carboxylic acids is 3. The molecule has 1 heterocycles. The quantitative estimate of drug-likeness (QED) is 0.494. The Kier molecular flexibility index (Phi) is 7.29. The van der Waals surface area contributed by atoms with Crippen molar-refractivity contribution in [3.05, 3.63) is 28.7 Å². The monoisotopic (exact) mass is 393 g/mol. The SMILES string of the molecule is CCCOc1ccc(/C=C2\SC(=O)N(CC(=O)OC(C)C)C2=O)cc1OC. The Balaban J connectivity index is 2.16. The summed E-state index contributed by atoms with van der Waals surface area (Å²) in [4.78, 5) is 37.4. The maximum atomic E-state index is 12.5. The van der Waals surface area contributed by atoms with Crippen LogP contribution in [0.1, 0.15) is 32.8 Å². The lowest BCUT2D eigenvalue weighted by Gasteiger charge is -2.13. The summed E-state index contributed by atoms with van der Waals surface area (Å²) in [5.74, 6) is 0.0154. The van der Waals surface area contributed by atoms with E-state index in [9.17, 15) is 14.4 Å². The number of hydrogen-bond donors (Lipinski definition) is 0. The van der Waals surface area contributed by atoms with E-state index in [1.165, 1.54) is 7.11 Å². The second-order valence-corrected chi connectivity index (χ2v) is 7.06. The van der Waals surface area contributed by atoms with Crippen LogP contribution in [-0.2, 0) is 14.3 Å². The topological polar surface area (TPSA) is 82.1 Å². The molecule has 0 spiro atoms. The normalized spacial score (nSPS) is 15.6. The molecule has 1 aliphatic heterocycles. The van der Waals surface area contributed by atoms with Crippen LogP contribution in [0.2, 0.25) is 0 Å². The molecule has 0 aliphatic carbocycles. The number of nitrogens with zero attached hydrogens (tertiary/aromatic N) is 1. The third-order valence-corrected chi connectivity index (χ3v) is 4.38. The Labute approximate surface area is 162 Å². The van der Waals surface area contributed by atoms with Crippen molar-refractivity contribution >= 4 is 35.0 Å². The number of ether oxygens (including phenoxy) is 3. The highest BCUT2D eigenvalue weighted by molar-refractivity contribution is 8.18. The van der Waals surface area contributed by atoms with Gasteiger partial charge in [-0.3, -0.25) is 19.3 Å². The number of carbonyl (C=O) groups is 3. The lowest BCUT2D eigenvalue weighted by atomic mass is 10.2. The molecule has 0 unspecified atom stereocenters. The summed E-state index contributed by atoms with van der Waals surface area (Å²) in [7, 11) is 1.53. The van der Waals surface area contributed by atoms with Gasteiger partial charge in [0.1, 0.15) is 6.54 Å². The summed E-state index contributed by atoms with van der Waals surface area (Å²) < 4.78 is 15.9. The highest BCUT2D eigenvalue weighted by Crippen LogP contribution is 2.34. The molecule has 0 saturated carbocycles. The number of thioether (sulfide) groups is 1. The zero-order chi connectivity index (χ0) is 20.0. The molecule has 2 amide bonds. The van der Waals surface area contributed by atoms with E-state index in [0.717, 1.165) is 23.1 Å². The minimum absolute atomic E-state index is 0.238. The smallest absolute Gasteiger partial charge is 0.326 e. The number of esters is 1. The van der Waals surface area contributed by atoms with Crippen LogP contribution in [0.15, 0.2) is 23.1 Å². The molecule has 1 saturated heterocycles. The molecule has 27 heavy (non-hydrogen) atoms. The van der Waals surface area contributed by atoms with E-state index in [1.54, 1.807) is 38.1 Å². The number of methoxy groups -OCH3 is 1. The van der Waals surface area contributed by atoms with Gasteiger partial charge in [0.15, 0.2) is 11.5 Å². The fourth-order valence-electron chi connectivity index (χ4n) is 2.32. The average Bonchev–Trinajstić information content (AvgIpc) is 2.87. The predicted molar refractivity (Wildman–Crippen MR) is 103 cm³/mol. The van der Waals surface area contributed by atoms with E-state index >= 15 is 0 Å². The number of benzene rings is 1. The highest BCUT2D eigenvalue weighted by Gasteiger charge is 2.36. The standard InChI is InChI=1S/C19H23NO6S/c1-5-8-25-14-7-6-13(9-15(14)24-4)10-16-18(22)20(19(23)27-16)11-17(21)26-12(2)3/h6-7,9-10,12H,5,8,11H2,1-4H3/b16-10-. The number of hydrogen-bond acceptors (Lipinski definition) is 7. The Hall–Kier alpha value is -2.48. The van der Waals surface area contributed by atoms with E-state index in [0.29, 0.717) is 23.7 Å². The van der Waals surface area contributed by atoms with Crippen LogP contribution in [0.25, 0.3) is 6.08 Å². The Morgan fingerprint density at radius 2 is 2.00 bits per heavy atom. The zero-order valence-electron chi connectivity index (χ0n) is 15.8. The molecule has 0 aromatic heterocycles. The number of rotatable bonds is 8. The number of amides is 2. The van der Waals surface area contributed by atoms with Crippen LogP contribution in [0.4, 0.5) is 4.79 Å². The third kappa shape index (κ3) is 5.50. The average molecular weight is 393 g/mol. The first kappa shape index (κ1) is 20.8. The molecular weight excluding hydrogens is 370 g/mol. The van der Waals surface area contributed by atoms with Gasteiger partial charge in [-0.15, -0.1) is 0 Å². The van der Waals surface area contributed by atoms with Gasteiger partial charge in [0.05, 0.1) is 24.7 Å². The summed E-state index contributed by atoms with van der Waals surface area (Å²) in [5, 5.41) is -0.498. The molecule has 1 aromatic carbocycles.